The molecular weight excluding hydrogens is 324 g/mol. The van der Waals surface area contributed by atoms with E-state index in [0.717, 1.165) is 43.9 Å². The maximum atomic E-state index is 7.17. The number of rotatable bonds is 5. The lowest BCUT2D eigenvalue weighted by Crippen LogP contribution is -2.53. The van der Waals surface area contributed by atoms with E-state index in [4.69, 9.17) is 17.0 Å². The number of nitrogens with one attached hydrogen (secondary N) is 1. The van der Waals surface area contributed by atoms with Crippen LogP contribution in [0.3, 0.4) is 0 Å². The van der Waals surface area contributed by atoms with Gasteiger partial charge in [0, 0.05) is 37.0 Å². The van der Waals surface area contributed by atoms with E-state index in [-0.39, 0.29) is 0 Å². The highest BCUT2D eigenvalue weighted by atomic mass is 16.5. The van der Waals surface area contributed by atoms with Crippen molar-refractivity contribution in [3.8, 4) is 0 Å². The van der Waals surface area contributed by atoms with Crippen LogP contribution in [0, 0.1) is 6.57 Å². The molecule has 142 valence electrons. The largest absolute Gasteiger partial charge is 0.397 e. The molecular formula is C21H32N4O. The predicted octanol–water partition coefficient (Wildman–Crippen LogP) is 4.43. The molecule has 0 atom stereocenters. The topological polar surface area (TPSA) is 54.9 Å². The summed E-state index contributed by atoms with van der Waals surface area (Å²) in [5.74, 6) is 0. The highest BCUT2D eigenvalue weighted by Crippen LogP contribution is 2.37. The Morgan fingerprint density at radius 1 is 1.27 bits per heavy atom. The van der Waals surface area contributed by atoms with E-state index in [1.54, 1.807) is 6.07 Å². The molecule has 1 saturated heterocycles. The number of piperidine rings is 1. The summed E-state index contributed by atoms with van der Waals surface area (Å²) in [7, 11) is 0. The molecule has 1 aliphatic carbocycles. The molecule has 5 heteroatoms. The smallest absolute Gasteiger partial charge is 0.189 e. The quantitative estimate of drug-likeness (QED) is 0.605. The van der Waals surface area contributed by atoms with Gasteiger partial charge in [0.2, 0.25) is 0 Å². The Bertz CT molecular complexity index is 638. The highest BCUT2D eigenvalue weighted by Gasteiger charge is 2.38. The van der Waals surface area contributed by atoms with Crippen molar-refractivity contribution in [1.82, 2.24) is 4.90 Å². The second kappa shape index (κ2) is 8.28. The molecule has 0 unspecified atom stereocenters. The number of nitrogen functional groups attached to an aromatic ring is 1. The van der Waals surface area contributed by atoms with E-state index in [1.807, 2.05) is 12.1 Å². The van der Waals surface area contributed by atoms with Gasteiger partial charge in [-0.25, -0.2) is 4.85 Å². The zero-order chi connectivity index (χ0) is 18.6. The molecule has 0 radical (unpaired) electrons. The number of likely N-dealkylation sites (tertiary alicyclic amines) is 1. The van der Waals surface area contributed by atoms with Gasteiger partial charge in [-0.05, 0) is 64.5 Å². The molecule has 1 aromatic rings. The first-order chi connectivity index (χ1) is 12.5. The Hall–Kier alpha value is -1.77. The third-order valence-electron chi connectivity index (χ3n) is 6.20. The summed E-state index contributed by atoms with van der Waals surface area (Å²) in [5, 5.41) is 3.57. The van der Waals surface area contributed by atoms with Crippen LogP contribution in [0.2, 0.25) is 0 Å². The first kappa shape index (κ1) is 19.0. The second-order valence-corrected chi connectivity index (χ2v) is 7.94. The zero-order valence-electron chi connectivity index (χ0n) is 16.1. The van der Waals surface area contributed by atoms with Crippen LogP contribution >= 0.6 is 0 Å². The average Bonchev–Trinajstić information content (AvgIpc) is 2.66. The van der Waals surface area contributed by atoms with Crippen LogP contribution < -0.4 is 11.1 Å². The van der Waals surface area contributed by atoms with E-state index in [0.29, 0.717) is 23.4 Å². The van der Waals surface area contributed by atoms with Crippen molar-refractivity contribution in [3.05, 3.63) is 29.6 Å². The average molecular weight is 357 g/mol. The SMILES string of the molecule is [C-]#[N+]c1ccc(N)c(NC2CCN(C3(C)CCC(OCC)CC3)CC2)c1. The number of nitrogens with zero attached hydrogens (tertiary/aromatic N) is 2. The van der Waals surface area contributed by atoms with Gasteiger partial charge >= 0.3 is 0 Å². The molecule has 1 heterocycles. The lowest BCUT2D eigenvalue weighted by molar-refractivity contribution is -0.0242. The van der Waals surface area contributed by atoms with Crippen molar-refractivity contribution < 1.29 is 4.74 Å². The van der Waals surface area contributed by atoms with Gasteiger partial charge < -0.3 is 15.8 Å². The van der Waals surface area contributed by atoms with Crippen LogP contribution in [0.1, 0.15) is 52.4 Å². The molecule has 1 aromatic carbocycles. The number of nitrogens with two attached hydrogens (primary N) is 1. The van der Waals surface area contributed by atoms with Crippen molar-refractivity contribution in [2.45, 2.75) is 70.1 Å². The number of anilines is 2. The molecule has 2 aliphatic rings. The summed E-state index contributed by atoms with van der Waals surface area (Å²) in [6.07, 6.45) is 7.53. The first-order valence-corrected chi connectivity index (χ1v) is 9.94. The van der Waals surface area contributed by atoms with Crippen molar-refractivity contribution in [2.75, 3.05) is 30.7 Å². The molecule has 0 aromatic heterocycles. The molecule has 2 fully saturated rings. The number of hydrogen-bond donors (Lipinski definition) is 2. The Labute approximate surface area is 157 Å². The molecule has 5 nitrogen and oxygen atoms in total. The van der Waals surface area contributed by atoms with Gasteiger partial charge in [-0.3, -0.25) is 4.90 Å². The van der Waals surface area contributed by atoms with Crippen molar-refractivity contribution in [2.24, 2.45) is 0 Å². The fraction of sp³-hybridized carbons (Fsp3) is 0.667. The predicted molar refractivity (Wildman–Crippen MR) is 108 cm³/mol. The van der Waals surface area contributed by atoms with Gasteiger partial charge in [0.25, 0.3) is 0 Å². The van der Waals surface area contributed by atoms with Crippen molar-refractivity contribution >= 4 is 17.1 Å². The summed E-state index contributed by atoms with van der Waals surface area (Å²) in [6, 6.07) is 5.89. The van der Waals surface area contributed by atoms with Gasteiger partial charge in [-0.15, -0.1) is 0 Å². The Kier molecular flexibility index (Phi) is 6.05. The van der Waals surface area contributed by atoms with E-state index in [1.165, 1.54) is 25.7 Å². The van der Waals surface area contributed by atoms with E-state index in [2.05, 4.69) is 28.9 Å². The molecule has 0 amide bonds. The van der Waals surface area contributed by atoms with Crippen LogP contribution in [0.15, 0.2) is 18.2 Å². The van der Waals surface area contributed by atoms with Crippen LogP contribution in [-0.2, 0) is 4.74 Å². The van der Waals surface area contributed by atoms with Crippen LogP contribution in [0.5, 0.6) is 0 Å². The van der Waals surface area contributed by atoms with E-state index in [9.17, 15) is 0 Å². The van der Waals surface area contributed by atoms with Gasteiger partial charge in [0.1, 0.15) is 0 Å². The molecule has 3 rings (SSSR count). The highest BCUT2D eigenvalue weighted by molar-refractivity contribution is 5.72. The Balaban J connectivity index is 1.52. The normalized spacial score (nSPS) is 27.8. The second-order valence-electron chi connectivity index (χ2n) is 7.94. The minimum Gasteiger partial charge on any atom is -0.397 e. The van der Waals surface area contributed by atoms with Crippen LogP contribution in [0.4, 0.5) is 17.1 Å². The monoisotopic (exact) mass is 356 g/mol. The standard InChI is InChI=1S/C21H32N4O/c1-4-26-18-7-11-21(2,12-8-18)25-13-9-16(10-14-25)24-20-15-17(23-3)5-6-19(20)22/h5-6,15-16,18,24H,4,7-14,22H2,1-2H3. The maximum absolute atomic E-state index is 7.17. The van der Waals surface area contributed by atoms with Crippen LogP contribution in [-0.4, -0.2) is 42.3 Å². The fourth-order valence-electron chi connectivity index (χ4n) is 4.45. The molecule has 0 spiro atoms. The molecule has 0 bridgehead atoms. The molecule has 1 aliphatic heterocycles. The number of hydrogen-bond acceptors (Lipinski definition) is 4. The maximum Gasteiger partial charge on any atom is 0.189 e. The van der Waals surface area contributed by atoms with Gasteiger partial charge in [-0.1, -0.05) is 6.07 Å². The van der Waals surface area contributed by atoms with Gasteiger partial charge in [0.05, 0.1) is 18.4 Å². The molecule has 3 N–H and O–H groups in total. The zero-order valence-corrected chi connectivity index (χ0v) is 16.1. The van der Waals surface area contributed by atoms with Gasteiger partial charge in [-0.2, -0.15) is 0 Å². The lowest BCUT2D eigenvalue weighted by Gasteiger charge is -2.48. The first-order valence-electron chi connectivity index (χ1n) is 9.94. The summed E-state index contributed by atoms with van der Waals surface area (Å²) in [6.45, 7) is 14.8. The van der Waals surface area contributed by atoms with Crippen LogP contribution in [0.25, 0.3) is 4.85 Å². The number of ether oxygens (including phenoxy) is 1. The molecule has 1 saturated carbocycles. The van der Waals surface area contributed by atoms with E-state index >= 15 is 0 Å². The Morgan fingerprint density at radius 2 is 1.96 bits per heavy atom. The third kappa shape index (κ3) is 4.31. The minimum absolute atomic E-state index is 0.321. The summed E-state index contributed by atoms with van der Waals surface area (Å²) in [4.78, 5) is 6.19. The number of benzene rings is 1. The summed E-state index contributed by atoms with van der Waals surface area (Å²) in [5.41, 5.74) is 8.66. The summed E-state index contributed by atoms with van der Waals surface area (Å²) >= 11 is 0. The molecule has 26 heavy (non-hydrogen) atoms. The lowest BCUT2D eigenvalue weighted by atomic mass is 9.79. The third-order valence-corrected chi connectivity index (χ3v) is 6.20. The van der Waals surface area contributed by atoms with Crippen molar-refractivity contribution in [1.29, 1.82) is 0 Å². The fourth-order valence-corrected chi connectivity index (χ4v) is 4.45. The minimum atomic E-state index is 0.321. The van der Waals surface area contributed by atoms with Gasteiger partial charge in [0.15, 0.2) is 5.69 Å². The van der Waals surface area contributed by atoms with Crippen molar-refractivity contribution in [3.63, 3.8) is 0 Å². The summed E-state index contributed by atoms with van der Waals surface area (Å²) < 4.78 is 5.82. The Morgan fingerprint density at radius 3 is 2.58 bits per heavy atom. The van der Waals surface area contributed by atoms with E-state index < -0.39 is 0 Å².